The van der Waals surface area contributed by atoms with Crippen molar-refractivity contribution in [3.8, 4) is 0 Å². The van der Waals surface area contributed by atoms with Crippen molar-refractivity contribution in [2.75, 3.05) is 39.1 Å². The number of hydrogen-bond acceptors (Lipinski definition) is 5. The van der Waals surface area contributed by atoms with E-state index >= 15 is 0 Å². The molecule has 6 nitrogen and oxygen atoms in total. The van der Waals surface area contributed by atoms with E-state index in [0.29, 0.717) is 31.1 Å². The summed E-state index contributed by atoms with van der Waals surface area (Å²) in [6.45, 7) is 2.07. The van der Waals surface area contributed by atoms with Gasteiger partial charge < -0.3 is 20.5 Å². The molecule has 1 aliphatic heterocycles. The van der Waals surface area contributed by atoms with Gasteiger partial charge in [-0.15, -0.1) is 0 Å². The Morgan fingerprint density at radius 1 is 1.59 bits per heavy atom. The van der Waals surface area contributed by atoms with Crippen LogP contribution in [0.25, 0.3) is 0 Å². The number of nitrogens with two attached hydrogens (primary N) is 1. The van der Waals surface area contributed by atoms with Crippen LogP contribution in [-0.4, -0.2) is 54.3 Å². The molecule has 2 rings (SSSR count). The molecule has 2 heterocycles. The van der Waals surface area contributed by atoms with Crippen LogP contribution in [0.3, 0.4) is 0 Å². The zero-order chi connectivity index (χ0) is 16.0. The molecule has 6 heteroatoms. The molecule has 1 atom stereocenters. The van der Waals surface area contributed by atoms with Gasteiger partial charge in [-0.25, -0.2) is 4.98 Å². The van der Waals surface area contributed by atoms with E-state index in [1.54, 1.807) is 25.4 Å². The number of methoxy groups -OCH3 is 1. The van der Waals surface area contributed by atoms with Crippen molar-refractivity contribution in [2.45, 2.75) is 25.7 Å². The summed E-state index contributed by atoms with van der Waals surface area (Å²) in [5.41, 5.74) is 5.99. The summed E-state index contributed by atoms with van der Waals surface area (Å²) in [6, 6.07) is 3.28. The fourth-order valence-electron chi connectivity index (χ4n) is 3.15. The summed E-state index contributed by atoms with van der Waals surface area (Å²) in [7, 11) is 1.68. The number of nitrogens with zero attached hydrogens (tertiary/aromatic N) is 2. The molecular formula is C16H25N3O3. The number of aliphatic hydroxyl groups excluding tert-OH is 1. The van der Waals surface area contributed by atoms with Gasteiger partial charge in [-0.2, -0.15) is 0 Å². The first-order valence-corrected chi connectivity index (χ1v) is 7.71. The van der Waals surface area contributed by atoms with Crippen molar-refractivity contribution in [1.29, 1.82) is 0 Å². The third-order valence-corrected chi connectivity index (χ3v) is 4.37. The number of carbonyl (C=O) groups excluding carboxylic acids is 1. The van der Waals surface area contributed by atoms with Crippen LogP contribution in [0.15, 0.2) is 18.3 Å². The third kappa shape index (κ3) is 3.96. The molecule has 0 aromatic carbocycles. The zero-order valence-corrected chi connectivity index (χ0v) is 13.1. The molecule has 1 fully saturated rings. The van der Waals surface area contributed by atoms with E-state index in [-0.39, 0.29) is 17.9 Å². The maximum atomic E-state index is 12.6. The number of ether oxygens (including phenoxy) is 1. The highest BCUT2D eigenvalue weighted by atomic mass is 16.5. The lowest BCUT2D eigenvalue weighted by Gasteiger charge is -2.42. The van der Waals surface area contributed by atoms with Crippen molar-refractivity contribution in [1.82, 2.24) is 9.88 Å². The van der Waals surface area contributed by atoms with Crippen LogP contribution in [0.4, 0.5) is 5.82 Å². The highest BCUT2D eigenvalue weighted by Crippen LogP contribution is 2.34. The van der Waals surface area contributed by atoms with Gasteiger partial charge in [0.25, 0.3) is 5.91 Å². The average molecular weight is 307 g/mol. The van der Waals surface area contributed by atoms with E-state index < -0.39 is 0 Å². The number of anilines is 1. The Hall–Kier alpha value is -1.66. The molecule has 1 aromatic rings. The minimum atomic E-state index is -0.217. The number of aromatic nitrogens is 1. The molecule has 3 N–H and O–H groups in total. The first-order valence-electron chi connectivity index (χ1n) is 7.71. The van der Waals surface area contributed by atoms with Crippen LogP contribution >= 0.6 is 0 Å². The molecule has 0 saturated carbocycles. The molecule has 22 heavy (non-hydrogen) atoms. The largest absolute Gasteiger partial charge is 0.396 e. The lowest BCUT2D eigenvalue weighted by molar-refractivity contribution is 0.0180. The van der Waals surface area contributed by atoms with Gasteiger partial charge in [0.1, 0.15) is 5.82 Å². The SMILES string of the molecule is COCCCC1(CO)CCCN(C(=O)c2ccnc(N)c2)C1. The van der Waals surface area contributed by atoms with Gasteiger partial charge in [-0.3, -0.25) is 4.79 Å². The minimum Gasteiger partial charge on any atom is -0.396 e. The van der Waals surface area contributed by atoms with Gasteiger partial charge in [0.05, 0.1) is 6.61 Å². The van der Waals surface area contributed by atoms with Gasteiger partial charge in [-0.05, 0) is 37.8 Å². The Labute approximate surface area is 131 Å². The number of rotatable bonds is 6. The average Bonchev–Trinajstić information content (AvgIpc) is 2.54. The summed E-state index contributed by atoms with van der Waals surface area (Å²) in [5.74, 6) is 0.301. The highest BCUT2D eigenvalue weighted by molar-refractivity contribution is 5.94. The summed E-state index contributed by atoms with van der Waals surface area (Å²) in [4.78, 5) is 18.4. The van der Waals surface area contributed by atoms with Gasteiger partial charge >= 0.3 is 0 Å². The number of likely N-dealkylation sites (tertiary alicyclic amines) is 1. The van der Waals surface area contributed by atoms with Gasteiger partial charge in [0.2, 0.25) is 0 Å². The normalized spacial score (nSPS) is 21.8. The van der Waals surface area contributed by atoms with E-state index in [9.17, 15) is 9.90 Å². The van der Waals surface area contributed by atoms with Crippen LogP contribution in [0.1, 0.15) is 36.0 Å². The minimum absolute atomic E-state index is 0.0432. The molecule has 0 radical (unpaired) electrons. The van der Waals surface area contributed by atoms with Crippen LogP contribution in [0, 0.1) is 5.41 Å². The number of carbonyl (C=O) groups is 1. The fourth-order valence-corrected chi connectivity index (χ4v) is 3.15. The van der Waals surface area contributed by atoms with E-state index in [1.807, 2.05) is 4.90 Å². The number of hydrogen-bond donors (Lipinski definition) is 2. The van der Waals surface area contributed by atoms with Crippen molar-refractivity contribution >= 4 is 11.7 Å². The molecule has 1 unspecified atom stereocenters. The molecule has 1 aliphatic rings. The Balaban J connectivity index is 2.06. The highest BCUT2D eigenvalue weighted by Gasteiger charge is 2.36. The Kier molecular flexibility index (Phi) is 5.74. The Bertz CT molecular complexity index is 509. The van der Waals surface area contributed by atoms with E-state index in [0.717, 1.165) is 25.7 Å². The predicted molar refractivity (Wildman–Crippen MR) is 84.4 cm³/mol. The number of aliphatic hydroxyl groups is 1. The topological polar surface area (TPSA) is 88.7 Å². The van der Waals surface area contributed by atoms with Crippen molar-refractivity contribution in [3.05, 3.63) is 23.9 Å². The smallest absolute Gasteiger partial charge is 0.254 e. The zero-order valence-electron chi connectivity index (χ0n) is 13.1. The lowest BCUT2D eigenvalue weighted by atomic mass is 9.77. The monoisotopic (exact) mass is 307 g/mol. The van der Waals surface area contributed by atoms with Crippen molar-refractivity contribution in [3.63, 3.8) is 0 Å². The molecule has 1 amide bonds. The van der Waals surface area contributed by atoms with Crippen LogP contribution in [-0.2, 0) is 4.74 Å². The number of pyridine rings is 1. The first kappa shape index (κ1) is 16.7. The molecule has 0 aliphatic carbocycles. The second kappa shape index (κ2) is 7.56. The third-order valence-electron chi connectivity index (χ3n) is 4.37. The molecule has 0 bridgehead atoms. The lowest BCUT2D eigenvalue weighted by Crippen LogP contribution is -2.48. The number of nitrogen functional groups attached to an aromatic ring is 1. The van der Waals surface area contributed by atoms with E-state index in [2.05, 4.69) is 4.98 Å². The van der Waals surface area contributed by atoms with Gasteiger partial charge in [0, 0.05) is 44.0 Å². The quantitative estimate of drug-likeness (QED) is 0.773. The number of piperidine rings is 1. The Morgan fingerprint density at radius 3 is 3.09 bits per heavy atom. The summed E-state index contributed by atoms with van der Waals surface area (Å²) >= 11 is 0. The maximum absolute atomic E-state index is 12.6. The molecular weight excluding hydrogens is 282 g/mol. The van der Waals surface area contributed by atoms with Gasteiger partial charge in [-0.1, -0.05) is 0 Å². The molecule has 1 saturated heterocycles. The molecule has 122 valence electrons. The maximum Gasteiger partial charge on any atom is 0.254 e. The summed E-state index contributed by atoms with van der Waals surface area (Å²) < 4.78 is 5.10. The second-order valence-electron chi connectivity index (χ2n) is 6.05. The summed E-state index contributed by atoms with van der Waals surface area (Å²) in [5, 5.41) is 9.85. The van der Waals surface area contributed by atoms with Crippen molar-refractivity contribution < 1.29 is 14.6 Å². The number of amides is 1. The summed E-state index contributed by atoms with van der Waals surface area (Å²) in [6.07, 6.45) is 5.14. The predicted octanol–water partition coefficient (Wildman–Crippen LogP) is 1.31. The first-order chi connectivity index (χ1) is 10.6. The van der Waals surface area contributed by atoms with Gasteiger partial charge in [0.15, 0.2) is 0 Å². The molecule has 0 spiro atoms. The van der Waals surface area contributed by atoms with Crippen LogP contribution in [0.5, 0.6) is 0 Å². The Morgan fingerprint density at radius 2 is 2.41 bits per heavy atom. The standard InChI is InChI=1S/C16H25N3O3/c1-22-9-3-6-16(12-20)5-2-8-19(11-16)15(21)13-4-7-18-14(17)10-13/h4,7,10,20H,2-3,5-6,8-9,11-12H2,1H3,(H2,17,18). The van der Waals surface area contributed by atoms with Crippen molar-refractivity contribution in [2.24, 2.45) is 5.41 Å². The van der Waals surface area contributed by atoms with Crippen LogP contribution in [0.2, 0.25) is 0 Å². The van der Waals surface area contributed by atoms with Crippen LogP contribution < -0.4 is 5.73 Å². The fraction of sp³-hybridized carbons (Fsp3) is 0.625. The molecule has 1 aromatic heterocycles. The second-order valence-corrected chi connectivity index (χ2v) is 6.05. The van der Waals surface area contributed by atoms with E-state index in [1.165, 1.54) is 0 Å². The van der Waals surface area contributed by atoms with E-state index in [4.69, 9.17) is 10.5 Å².